The molecule has 138 valence electrons. The molecule has 2 bridgehead atoms. The van der Waals surface area contributed by atoms with E-state index in [4.69, 9.17) is 0 Å². The van der Waals surface area contributed by atoms with Crippen molar-refractivity contribution in [1.82, 2.24) is 24.6 Å². The van der Waals surface area contributed by atoms with Crippen LogP contribution in [0.1, 0.15) is 25.7 Å². The molecule has 0 spiro atoms. The van der Waals surface area contributed by atoms with Crippen LogP contribution in [-0.4, -0.2) is 49.2 Å². The fourth-order valence-corrected chi connectivity index (χ4v) is 4.44. The molecule has 1 N–H and O–H groups in total. The average molecular weight is 362 g/mol. The molecule has 3 aromatic heterocycles. The van der Waals surface area contributed by atoms with Crippen molar-refractivity contribution in [1.29, 1.82) is 0 Å². The Labute approximate surface area is 157 Å². The maximum atomic E-state index is 12.5. The molecule has 0 saturated carbocycles. The molecule has 1 amide bonds. The van der Waals surface area contributed by atoms with Gasteiger partial charge in [-0.25, -0.2) is 4.98 Å². The smallest absolute Gasteiger partial charge is 0.239 e. The highest BCUT2D eigenvalue weighted by Crippen LogP contribution is 2.36. The van der Waals surface area contributed by atoms with Crippen LogP contribution in [0.2, 0.25) is 0 Å². The van der Waals surface area contributed by atoms with Crippen LogP contribution in [0.3, 0.4) is 0 Å². The zero-order chi connectivity index (χ0) is 18.4. The second kappa shape index (κ2) is 6.42. The lowest BCUT2D eigenvalue weighted by Crippen LogP contribution is -2.36. The van der Waals surface area contributed by atoms with Gasteiger partial charge in [-0.1, -0.05) is 0 Å². The number of aromatic nitrogens is 4. The summed E-state index contributed by atoms with van der Waals surface area (Å²) in [7, 11) is 1.88. The van der Waals surface area contributed by atoms with Crippen molar-refractivity contribution < 1.29 is 4.79 Å². The largest absolute Gasteiger partial charge is 0.310 e. The summed E-state index contributed by atoms with van der Waals surface area (Å²) in [5.74, 6) is 0.601. The third kappa shape index (κ3) is 3.08. The van der Waals surface area contributed by atoms with E-state index in [1.807, 2.05) is 25.4 Å². The summed E-state index contributed by atoms with van der Waals surface area (Å²) in [5, 5.41) is 9.10. The summed E-state index contributed by atoms with van der Waals surface area (Å²) in [4.78, 5) is 23.7. The number of pyridine rings is 2. The topological polar surface area (TPSA) is 75.9 Å². The summed E-state index contributed by atoms with van der Waals surface area (Å²) >= 11 is 0. The molecule has 2 aliphatic rings. The van der Waals surface area contributed by atoms with Gasteiger partial charge in [0, 0.05) is 48.7 Å². The normalized spacial score (nSPS) is 21.8. The summed E-state index contributed by atoms with van der Waals surface area (Å²) in [6, 6.07) is 5.11. The molecule has 0 radical (unpaired) electrons. The van der Waals surface area contributed by atoms with Crippen LogP contribution < -0.4 is 5.32 Å². The molecule has 0 unspecified atom stereocenters. The Morgan fingerprint density at radius 1 is 1.07 bits per heavy atom. The molecule has 2 aliphatic heterocycles. The van der Waals surface area contributed by atoms with Gasteiger partial charge in [-0.3, -0.25) is 19.4 Å². The predicted octanol–water partition coefficient (Wildman–Crippen LogP) is 2.60. The third-order valence-corrected chi connectivity index (χ3v) is 5.80. The number of nitrogens with zero attached hydrogens (tertiary/aromatic N) is 5. The van der Waals surface area contributed by atoms with Crippen molar-refractivity contribution in [2.75, 3.05) is 11.9 Å². The van der Waals surface area contributed by atoms with Crippen molar-refractivity contribution in [2.45, 2.75) is 37.8 Å². The van der Waals surface area contributed by atoms with E-state index in [0.29, 0.717) is 24.4 Å². The third-order valence-electron chi connectivity index (χ3n) is 5.80. The molecule has 5 heterocycles. The van der Waals surface area contributed by atoms with E-state index in [0.717, 1.165) is 22.0 Å². The van der Waals surface area contributed by atoms with Gasteiger partial charge < -0.3 is 5.32 Å². The molecule has 0 atom stereocenters. The van der Waals surface area contributed by atoms with Crippen LogP contribution in [0.4, 0.5) is 5.82 Å². The van der Waals surface area contributed by atoms with Gasteiger partial charge >= 0.3 is 0 Å². The first-order chi connectivity index (χ1) is 13.2. The Kier molecular flexibility index (Phi) is 3.89. The maximum Gasteiger partial charge on any atom is 0.239 e. The van der Waals surface area contributed by atoms with Crippen LogP contribution in [0, 0.1) is 0 Å². The molecule has 3 aromatic rings. The minimum Gasteiger partial charge on any atom is -0.310 e. The van der Waals surface area contributed by atoms with E-state index >= 15 is 0 Å². The van der Waals surface area contributed by atoms with Crippen molar-refractivity contribution in [2.24, 2.45) is 7.05 Å². The average Bonchev–Trinajstić information content (AvgIpc) is 3.37. The molecule has 7 nitrogen and oxygen atoms in total. The fourth-order valence-electron chi connectivity index (χ4n) is 4.44. The Balaban J connectivity index is 1.35. The number of aryl methyl sites for hydroxylation is 1. The first-order valence-electron chi connectivity index (χ1n) is 9.46. The Morgan fingerprint density at radius 3 is 2.52 bits per heavy atom. The van der Waals surface area contributed by atoms with Crippen molar-refractivity contribution >= 4 is 22.5 Å². The number of nitrogens with one attached hydrogen (secondary N) is 1. The van der Waals surface area contributed by atoms with Crippen LogP contribution >= 0.6 is 0 Å². The summed E-state index contributed by atoms with van der Waals surface area (Å²) in [5.41, 5.74) is 1.82. The Hall–Kier alpha value is -2.80. The number of hydrogen-bond acceptors (Lipinski definition) is 5. The van der Waals surface area contributed by atoms with Gasteiger partial charge in [-0.2, -0.15) is 5.10 Å². The number of carbonyl (C=O) groups excluding carboxylic acids is 1. The number of fused-ring (bicyclic) bond motifs is 3. The lowest BCUT2D eigenvalue weighted by atomic mass is 10.0. The van der Waals surface area contributed by atoms with Gasteiger partial charge in [0.1, 0.15) is 5.82 Å². The molecule has 2 fully saturated rings. The summed E-state index contributed by atoms with van der Waals surface area (Å²) in [6.07, 6.45) is 12.2. The Morgan fingerprint density at radius 2 is 1.81 bits per heavy atom. The van der Waals surface area contributed by atoms with Gasteiger partial charge in [0.2, 0.25) is 5.91 Å². The number of amides is 1. The van der Waals surface area contributed by atoms with Crippen LogP contribution in [-0.2, 0) is 11.8 Å². The molecule has 7 heteroatoms. The highest BCUT2D eigenvalue weighted by Gasteiger charge is 2.39. The number of rotatable bonds is 4. The van der Waals surface area contributed by atoms with Crippen molar-refractivity contribution in [3.05, 3.63) is 36.9 Å². The zero-order valence-electron chi connectivity index (χ0n) is 15.3. The van der Waals surface area contributed by atoms with Crippen molar-refractivity contribution in [3.63, 3.8) is 0 Å². The monoisotopic (exact) mass is 362 g/mol. The molecular weight excluding hydrogens is 340 g/mol. The van der Waals surface area contributed by atoms with E-state index in [1.165, 1.54) is 25.7 Å². The van der Waals surface area contributed by atoms with Gasteiger partial charge in [-0.05, 0) is 43.2 Å². The molecule has 5 rings (SSSR count). The number of anilines is 1. The molecule has 0 aromatic carbocycles. The van der Waals surface area contributed by atoms with E-state index in [1.54, 1.807) is 23.3 Å². The first kappa shape index (κ1) is 16.4. The SMILES string of the molecule is Cn1cc(-c2cc3cc(NC(=O)CN4C5CCC4CC5)ncc3cn2)cn1. The highest BCUT2D eigenvalue weighted by molar-refractivity contribution is 5.94. The van der Waals surface area contributed by atoms with E-state index in [-0.39, 0.29) is 5.91 Å². The van der Waals surface area contributed by atoms with E-state index < -0.39 is 0 Å². The second-order valence-corrected chi connectivity index (χ2v) is 7.57. The van der Waals surface area contributed by atoms with Crippen LogP contribution in [0.5, 0.6) is 0 Å². The minimum atomic E-state index is 0.0159. The van der Waals surface area contributed by atoms with Gasteiger partial charge in [0.25, 0.3) is 0 Å². The lowest BCUT2D eigenvalue weighted by Gasteiger charge is -2.20. The zero-order valence-corrected chi connectivity index (χ0v) is 15.3. The molecule has 0 aliphatic carbocycles. The molecule has 2 saturated heterocycles. The summed E-state index contributed by atoms with van der Waals surface area (Å²) < 4.78 is 1.75. The second-order valence-electron chi connectivity index (χ2n) is 7.57. The van der Waals surface area contributed by atoms with Gasteiger partial charge in [-0.15, -0.1) is 0 Å². The fraction of sp³-hybridized carbons (Fsp3) is 0.400. The molecule has 27 heavy (non-hydrogen) atoms. The quantitative estimate of drug-likeness (QED) is 0.772. The predicted molar refractivity (Wildman–Crippen MR) is 103 cm³/mol. The van der Waals surface area contributed by atoms with Crippen molar-refractivity contribution in [3.8, 4) is 11.3 Å². The van der Waals surface area contributed by atoms with Crippen LogP contribution in [0.25, 0.3) is 22.0 Å². The highest BCUT2D eigenvalue weighted by atomic mass is 16.2. The molecular formula is C20H22N6O. The maximum absolute atomic E-state index is 12.5. The summed E-state index contributed by atoms with van der Waals surface area (Å²) in [6.45, 7) is 0.465. The van der Waals surface area contributed by atoms with E-state index in [9.17, 15) is 4.79 Å². The minimum absolute atomic E-state index is 0.0159. The van der Waals surface area contributed by atoms with Crippen LogP contribution in [0.15, 0.2) is 36.9 Å². The number of carbonyl (C=O) groups is 1. The van der Waals surface area contributed by atoms with Gasteiger partial charge in [0.05, 0.1) is 18.4 Å². The Bertz CT molecular complexity index is 993. The van der Waals surface area contributed by atoms with Gasteiger partial charge in [0.15, 0.2) is 0 Å². The lowest BCUT2D eigenvalue weighted by molar-refractivity contribution is -0.117. The standard InChI is InChI=1S/C20H22N6O/c1-25-11-15(10-23-25)18-6-13-7-19(22-9-14(13)8-21-18)24-20(27)12-26-16-2-3-17(26)5-4-16/h6-11,16-17H,2-5,12H2,1H3,(H,22,24,27). The van der Waals surface area contributed by atoms with E-state index in [2.05, 4.69) is 25.3 Å². The first-order valence-corrected chi connectivity index (χ1v) is 9.46. The number of hydrogen-bond donors (Lipinski definition) is 1.